The molecule has 1 heterocycles. The highest BCUT2D eigenvalue weighted by molar-refractivity contribution is 7.22. The second-order valence-electron chi connectivity index (χ2n) is 4.61. The number of carbonyl (C=O) groups excluding carboxylic acids is 1. The first-order chi connectivity index (χ1) is 9.22. The third-order valence-electron chi connectivity index (χ3n) is 3.52. The lowest BCUT2D eigenvalue weighted by Gasteiger charge is -2.23. The van der Waals surface area contributed by atoms with Gasteiger partial charge in [0.2, 0.25) is 6.41 Å². The number of aromatic nitrogens is 1. The summed E-state index contributed by atoms with van der Waals surface area (Å²) in [5.74, 6) is 2.53. The van der Waals surface area contributed by atoms with Crippen molar-refractivity contribution in [2.75, 3.05) is 12.3 Å². The fraction of sp³-hybridized carbons (Fsp3) is 0.286. The molecule has 0 aliphatic heterocycles. The molecule has 0 bridgehead atoms. The van der Waals surface area contributed by atoms with Crippen molar-refractivity contribution in [2.45, 2.75) is 18.9 Å². The van der Waals surface area contributed by atoms with Gasteiger partial charge < -0.3 is 10.6 Å². The van der Waals surface area contributed by atoms with Crippen molar-refractivity contribution >= 4 is 33.1 Å². The van der Waals surface area contributed by atoms with Crippen LogP contribution in [-0.4, -0.2) is 22.8 Å². The molecule has 4 nitrogen and oxygen atoms in total. The van der Waals surface area contributed by atoms with Gasteiger partial charge in [-0.15, -0.1) is 6.42 Å². The van der Waals surface area contributed by atoms with E-state index in [1.54, 1.807) is 4.90 Å². The van der Waals surface area contributed by atoms with Gasteiger partial charge in [0.15, 0.2) is 5.13 Å². The Morgan fingerprint density at radius 3 is 3.21 bits per heavy atom. The summed E-state index contributed by atoms with van der Waals surface area (Å²) in [6.45, 7) is 0.338. The number of terminal acetylenes is 1. The smallest absolute Gasteiger partial charge is 0.211 e. The molecule has 1 aromatic heterocycles. The Hall–Kier alpha value is -2.06. The molecular formula is C14H13N3OS. The third kappa shape index (κ3) is 1.94. The number of anilines is 1. The van der Waals surface area contributed by atoms with Crippen LogP contribution in [0.1, 0.15) is 23.6 Å². The van der Waals surface area contributed by atoms with Crippen LogP contribution in [0.4, 0.5) is 5.13 Å². The van der Waals surface area contributed by atoms with E-state index in [1.165, 1.54) is 16.9 Å². The van der Waals surface area contributed by atoms with Crippen LogP contribution in [0.3, 0.4) is 0 Å². The van der Waals surface area contributed by atoms with Gasteiger partial charge >= 0.3 is 0 Å². The molecule has 1 aliphatic rings. The van der Waals surface area contributed by atoms with Gasteiger partial charge in [0.1, 0.15) is 0 Å². The minimum absolute atomic E-state index is 0.0656. The highest BCUT2D eigenvalue weighted by Crippen LogP contribution is 2.38. The van der Waals surface area contributed by atoms with Crippen molar-refractivity contribution in [3.63, 3.8) is 0 Å². The molecule has 3 rings (SSSR count). The standard InChI is InChI=1S/C14H13N3OS/c1-2-5-17(8-18)12-4-3-9-6-13-11(7-10(9)12)16-14(15)19-13/h1,6-8,12H,3-5H2,(H2,15,16). The number of nitrogens with two attached hydrogens (primary N) is 1. The molecule has 1 unspecified atom stereocenters. The Morgan fingerprint density at radius 2 is 2.47 bits per heavy atom. The average molecular weight is 271 g/mol. The molecule has 0 radical (unpaired) electrons. The largest absolute Gasteiger partial charge is 0.375 e. The zero-order valence-corrected chi connectivity index (χ0v) is 11.1. The number of hydrogen-bond acceptors (Lipinski definition) is 4. The number of thiazole rings is 1. The minimum Gasteiger partial charge on any atom is -0.375 e. The Bertz CT molecular complexity index is 686. The van der Waals surface area contributed by atoms with Gasteiger partial charge in [-0.25, -0.2) is 4.98 Å². The maximum atomic E-state index is 11.2. The van der Waals surface area contributed by atoms with Gasteiger partial charge in [-0.2, -0.15) is 0 Å². The molecule has 0 spiro atoms. The molecule has 1 aliphatic carbocycles. The molecule has 1 atom stereocenters. The SMILES string of the molecule is C#CCN(C=O)C1CCc2cc3sc(N)nc3cc21. The van der Waals surface area contributed by atoms with E-state index in [0.717, 1.165) is 35.0 Å². The lowest BCUT2D eigenvalue weighted by Crippen LogP contribution is -2.26. The quantitative estimate of drug-likeness (QED) is 0.685. The van der Waals surface area contributed by atoms with Crippen LogP contribution >= 0.6 is 11.3 Å². The van der Waals surface area contributed by atoms with Crippen LogP contribution < -0.4 is 5.73 Å². The second kappa shape index (κ2) is 4.56. The maximum Gasteiger partial charge on any atom is 0.211 e. The summed E-state index contributed by atoms with van der Waals surface area (Å²) in [7, 11) is 0. The predicted octanol–water partition coefficient (Wildman–Crippen LogP) is 1.96. The summed E-state index contributed by atoms with van der Waals surface area (Å²) in [4.78, 5) is 17.1. The Kier molecular flexibility index (Phi) is 2.88. The normalized spacial score (nSPS) is 17.1. The van der Waals surface area contributed by atoms with Gasteiger partial charge in [-0.3, -0.25) is 4.79 Å². The lowest BCUT2D eigenvalue weighted by molar-refractivity contribution is -0.119. The Balaban J connectivity index is 2.05. The number of hydrogen-bond donors (Lipinski definition) is 1. The highest BCUT2D eigenvalue weighted by Gasteiger charge is 2.27. The van der Waals surface area contributed by atoms with E-state index in [0.29, 0.717) is 11.7 Å². The number of amides is 1. The van der Waals surface area contributed by atoms with Crippen molar-refractivity contribution in [3.05, 3.63) is 23.3 Å². The van der Waals surface area contributed by atoms with Gasteiger partial charge in [-0.05, 0) is 36.1 Å². The Labute approximate surface area is 115 Å². The predicted molar refractivity (Wildman–Crippen MR) is 76.7 cm³/mol. The number of carbonyl (C=O) groups is 1. The summed E-state index contributed by atoms with van der Waals surface area (Å²) in [6, 6.07) is 4.25. The molecule has 96 valence electrons. The number of rotatable bonds is 3. The number of fused-ring (bicyclic) bond motifs is 2. The number of nitrogen functional groups attached to an aromatic ring is 1. The van der Waals surface area contributed by atoms with Gasteiger partial charge in [0.25, 0.3) is 0 Å². The zero-order valence-electron chi connectivity index (χ0n) is 10.3. The molecule has 1 aromatic carbocycles. The van der Waals surface area contributed by atoms with Crippen LogP contribution in [0, 0.1) is 12.3 Å². The van der Waals surface area contributed by atoms with E-state index in [4.69, 9.17) is 12.2 Å². The minimum atomic E-state index is 0.0656. The van der Waals surface area contributed by atoms with Crippen LogP contribution in [0.5, 0.6) is 0 Å². The summed E-state index contributed by atoms with van der Waals surface area (Å²) in [6.07, 6.45) is 8.02. The van der Waals surface area contributed by atoms with Crippen molar-refractivity contribution in [1.82, 2.24) is 9.88 Å². The van der Waals surface area contributed by atoms with Crippen molar-refractivity contribution in [3.8, 4) is 12.3 Å². The fourth-order valence-corrected chi connectivity index (χ4v) is 3.47. The van der Waals surface area contributed by atoms with Gasteiger partial charge in [-0.1, -0.05) is 17.3 Å². The molecule has 0 saturated heterocycles. The molecule has 0 saturated carbocycles. The summed E-state index contributed by atoms with van der Waals surface area (Å²) in [5, 5.41) is 0.575. The first-order valence-electron chi connectivity index (χ1n) is 6.06. The third-order valence-corrected chi connectivity index (χ3v) is 4.37. The number of aryl methyl sites for hydroxylation is 1. The lowest BCUT2D eigenvalue weighted by atomic mass is 10.1. The molecule has 2 aromatic rings. The number of nitrogens with zero attached hydrogens (tertiary/aromatic N) is 2. The maximum absolute atomic E-state index is 11.2. The Morgan fingerprint density at radius 1 is 1.63 bits per heavy atom. The summed E-state index contributed by atoms with van der Waals surface area (Å²) < 4.78 is 1.10. The summed E-state index contributed by atoms with van der Waals surface area (Å²) >= 11 is 1.49. The monoisotopic (exact) mass is 271 g/mol. The molecule has 0 fully saturated rings. The number of benzene rings is 1. The van der Waals surface area contributed by atoms with Gasteiger partial charge in [0, 0.05) is 0 Å². The van der Waals surface area contributed by atoms with Crippen molar-refractivity contribution in [1.29, 1.82) is 0 Å². The molecule has 5 heteroatoms. The van der Waals surface area contributed by atoms with E-state index in [-0.39, 0.29) is 6.04 Å². The summed E-state index contributed by atoms with van der Waals surface area (Å²) in [5.41, 5.74) is 9.06. The first-order valence-corrected chi connectivity index (χ1v) is 6.88. The average Bonchev–Trinajstić information content (AvgIpc) is 2.95. The van der Waals surface area contributed by atoms with Crippen LogP contribution in [0.15, 0.2) is 12.1 Å². The van der Waals surface area contributed by atoms with Crippen LogP contribution in [0.2, 0.25) is 0 Å². The van der Waals surface area contributed by atoms with E-state index >= 15 is 0 Å². The van der Waals surface area contributed by atoms with Crippen molar-refractivity contribution < 1.29 is 4.79 Å². The zero-order chi connectivity index (χ0) is 13.4. The van der Waals surface area contributed by atoms with E-state index < -0.39 is 0 Å². The first kappa shape index (κ1) is 12.0. The van der Waals surface area contributed by atoms with E-state index in [2.05, 4.69) is 17.0 Å². The highest BCUT2D eigenvalue weighted by atomic mass is 32.1. The molecule has 1 amide bonds. The van der Waals surface area contributed by atoms with Crippen LogP contribution in [0.25, 0.3) is 10.2 Å². The molecular weight excluding hydrogens is 258 g/mol. The molecule has 2 N–H and O–H groups in total. The fourth-order valence-electron chi connectivity index (χ4n) is 2.70. The van der Waals surface area contributed by atoms with Gasteiger partial charge in [0.05, 0.1) is 22.8 Å². The van der Waals surface area contributed by atoms with Crippen molar-refractivity contribution in [2.24, 2.45) is 0 Å². The topological polar surface area (TPSA) is 59.2 Å². The van der Waals surface area contributed by atoms with E-state index in [1.807, 2.05) is 6.07 Å². The molecule has 19 heavy (non-hydrogen) atoms. The van der Waals surface area contributed by atoms with E-state index in [9.17, 15) is 4.79 Å². The second-order valence-corrected chi connectivity index (χ2v) is 5.67. The van der Waals surface area contributed by atoms with Crippen LogP contribution in [-0.2, 0) is 11.2 Å².